The molecule has 3 N–H and O–H groups in total. The Morgan fingerprint density at radius 1 is 1.30 bits per heavy atom. The number of nitrogens with zero attached hydrogens (tertiary/aromatic N) is 2. The highest BCUT2D eigenvalue weighted by Crippen LogP contribution is 2.28. The molecule has 1 atom stereocenters. The Bertz CT molecular complexity index is 1010. The van der Waals surface area contributed by atoms with Crippen molar-refractivity contribution in [3.63, 3.8) is 0 Å². The maximum Gasteiger partial charge on any atom is 0.275 e. The summed E-state index contributed by atoms with van der Waals surface area (Å²) in [6.07, 6.45) is -0.601. The Morgan fingerprint density at radius 3 is 2.48 bits per heavy atom. The number of aromatic nitrogens is 2. The van der Waals surface area contributed by atoms with Crippen molar-refractivity contribution >= 4 is 42.9 Å². The van der Waals surface area contributed by atoms with Crippen molar-refractivity contribution in [3.8, 4) is 6.07 Å². The van der Waals surface area contributed by atoms with Crippen LogP contribution in [0.15, 0.2) is 12.1 Å². The summed E-state index contributed by atoms with van der Waals surface area (Å²) in [6, 6.07) is 4.51. The van der Waals surface area contributed by atoms with E-state index >= 15 is 0 Å². The minimum Gasteiger partial charge on any atom is -0.341 e. The normalized spacial score (nSPS) is 13.8. The Morgan fingerprint density at radius 2 is 1.96 bits per heavy atom. The van der Waals surface area contributed by atoms with Crippen LogP contribution >= 0.6 is 11.6 Å². The largest absolute Gasteiger partial charge is 0.341 e. The lowest BCUT2D eigenvalue weighted by atomic mass is 10.2. The minimum absolute atomic E-state index is 0.122. The van der Waals surface area contributed by atoms with Crippen LogP contribution in [0, 0.1) is 11.3 Å². The van der Waals surface area contributed by atoms with Crippen LogP contribution < -0.4 is 0 Å². The molecule has 1 unspecified atom stereocenters. The molecule has 1 heterocycles. The standard InChI is InChI=1S/C11H10ClN3O6S2/c12-7-4-9-8(3-6(7)5-13)14-11(15-9)10(23(19,20)21)1-2-22(16,17)18/h3-4,10H,1-2H2,(H,14,15)(H,16,17,18)(H,19,20,21). The number of rotatable bonds is 5. The maximum absolute atomic E-state index is 11.5. The van der Waals surface area contributed by atoms with Crippen molar-refractivity contribution in [1.29, 1.82) is 5.26 Å². The summed E-state index contributed by atoms with van der Waals surface area (Å²) < 4.78 is 62.5. The fraction of sp³-hybridized carbons (Fsp3) is 0.273. The number of halogens is 1. The first-order valence-electron chi connectivity index (χ1n) is 6.02. The summed E-state index contributed by atoms with van der Waals surface area (Å²) in [7, 11) is -9.10. The van der Waals surface area contributed by atoms with Crippen molar-refractivity contribution in [2.24, 2.45) is 0 Å². The van der Waals surface area contributed by atoms with Crippen molar-refractivity contribution < 1.29 is 25.9 Å². The van der Waals surface area contributed by atoms with Gasteiger partial charge in [-0.3, -0.25) is 9.11 Å². The molecule has 0 fully saturated rings. The van der Waals surface area contributed by atoms with Crippen LogP contribution in [0.4, 0.5) is 0 Å². The van der Waals surface area contributed by atoms with E-state index in [1.807, 2.05) is 6.07 Å². The third-order valence-electron chi connectivity index (χ3n) is 3.01. The van der Waals surface area contributed by atoms with Crippen LogP contribution in [0.3, 0.4) is 0 Å². The number of fused-ring (bicyclic) bond motifs is 1. The summed E-state index contributed by atoms with van der Waals surface area (Å²) in [4.78, 5) is 6.56. The quantitative estimate of drug-likeness (QED) is 0.654. The summed E-state index contributed by atoms with van der Waals surface area (Å²) in [5.41, 5.74) is 0.657. The smallest absolute Gasteiger partial charge is 0.275 e. The van der Waals surface area contributed by atoms with E-state index in [9.17, 15) is 21.4 Å². The van der Waals surface area contributed by atoms with Crippen LogP contribution in [0.25, 0.3) is 11.0 Å². The molecule has 23 heavy (non-hydrogen) atoms. The summed E-state index contributed by atoms with van der Waals surface area (Å²) in [6.45, 7) is 0. The third kappa shape index (κ3) is 4.18. The Kier molecular flexibility index (Phi) is 4.65. The molecule has 0 radical (unpaired) electrons. The molecule has 0 aliphatic carbocycles. The summed E-state index contributed by atoms with van der Waals surface area (Å²) >= 11 is 5.85. The van der Waals surface area contributed by atoms with E-state index in [1.54, 1.807) is 0 Å². The van der Waals surface area contributed by atoms with Gasteiger partial charge < -0.3 is 4.98 Å². The first kappa shape index (κ1) is 17.6. The molecular formula is C11H10ClN3O6S2. The van der Waals surface area contributed by atoms with Crippen LogP contribution in [0.2, 0.25) is 5.02 Å². The second kappa shape index (κ2) is 6.06. The van der Waals surface area contributed by atoms with Gasteiger partial charge in [-0.25, -0.2) is 4.98 Å². The van der Waals surface area contributed by atoms with E-state index in [4.69, 9.17) is 21.4 Å². The second-order valence-electron chi connectivity index (χ2n) is 4.66. The van der Waals surface area contributed by atoms with Gasteiger partial charge in [-0.05, 0) is 18.6 Å². The molecule has 124 valence electrons. The first-order chi connectivity index (χ1) is 10.5. The number of aromatic amines is 1. The predicted octanol–water partition coefficient (Wildman–Crippen LogP) is 1.29. The molecular weight excluding hydrogens is 370 g/mol. The lowest BCUT2D eigenvalue weighted by Gasteiger charge is -2.09. The number of imidazole rings is 1. The SMILES string of the molecule is N#Cc1cc2nc(C(CCS(=O)(=O)O)S(=O)(=O)O)[nH]c2cc1Cl. The monoisotopic (exact) mass is 379 g/mol. The van der Waals surface area contributed by atoms with Gasteiger partial charge in [0.2, 0.25) is 0 Å². The van der Waals surface area contributed by atoms with Gasteiger partial charge in [-0.15, -0.1) is 0 Å². The number of H-pyrrole nitrogens is 1. The van der Waals surface area contributed by atoms with E-state index in [0.29, 0.717) is 5.52 Å². The van der Waals surface area contributed by atoms with Crippen molar-refractivity contribution in [2.75, 3.05) is 5.75 Å². The van der Waals surface area contributed by atoms with E-state index in [1.165, 1.54) is 12.1 Å². The number of hydrogen-bond donors (Lipinski definition) is 3. The van der Waals surface area contributed by atoms with Gasteiger partial charge in [0.25, 0.3) is 20.2 Å². The number of hydrogen-bond acceptors (Lipinski definition) is 6. The molecule has 0 spiro atoms. The molecule has 0 saturated heterocycles. The van der Waals surface area contributed by atoms with Crippen LogP contribution in [-0.4, -0.2) is 41.7 Å². The van der Waals surface area contributed by atoms with E-state index in [2.05, 4.69) is 9.97 Å². The minimum atomic E-state index is -4.68. The van der Waals surface area contributed by atoms with Gasteiger partial charge in [-0.2, -0.15) is 22.1 Å². The Hall–Kier alpha value is -1.71. The molecule has 12 heteroatoms. The van der Waals surface area contributed by atoms with Crippen LogP contribution in [-0.2, 0) is 20.2 Å². The summed E-state index contributed by atoms with van der Waals surface area (Å²) in [5, 5.41) is 7.34. The predicted molar refractivity (Wildman–Crippen MR) is 81.1 cm³/mol. The zero-order valence-corrected chi connectivity index (χ0v) is 13.7. The van der Waals surface area contributed by atoms with Crippen molar-refractivity contribution in [3.05, 3.63) is 28.5 Å². The van der Waals surface area contributed by atoms with Gasteiger partial charge in [-0.1, -0.05) is 11.6 Å². The van der Waals surface area contributed by atoms with Crippen molar-refractivity contribution in [1.82, 2.24) is 9.97 Å². The molecule has 2 aromatic rings. The van der Waals surface area contributed by atoms with E-state index < -0.39 is 37.7 Å². The Labute approximate surface area is 136 Å². The van der Waals surface area contributed by atoms with Gasteiger partial charge in [0, 0.05) is 0 Å². The molecule has 0 amide bonds. The summed E-state index contributed by atoms with van der Waals surface area (Å²) in [5.74, 6) is -1.10. The number of nitriles is 1. The van der Waals surface area contributed by atoms with Gasteiger partial charge in [0.1, 0.15) is 17.1 Å². The first-order valence-corrected chi connectivity index (χ1v) is 9.51. The average molecular weight is 380 g/mol. The fourth-order valence-corrected chi connectivity index (χ4v) is 3.67. The molecule has 0 aliphatic rings. The molecule has 0 saturated carbocycles. The highest BCUT2D eigenvalue weighted by Gasteiger charge is 2.30. The van der Waals surface area contributed by atoms with Gasteiger partial charge in [0.15, 0.2) is 0 Å². The number of benzene rings is 1. The molecule has 1 aromatic heterocycles. The van der Waals surface area contributed by atoms with Crippen molar-refractivity contribution in [2.45, 2.75) is 11.7 Å². The molecule has 0 aliphatic heterocycles. The van der Waals surface area contributed by atoms with Gasteiger partial charge >= 0.3 is 0 Å². The molecule has 0 bridgehead atoms. The molecule has 9 nitrogen and oxygen atoms in total. The topological polar surface area (TPSA) is 161 Å². The average Bonchev–Trinajstić information content (AvgIpc) is 2.76. The zero-order chi connectivity index (χ0) is 17.4. The number of nitrogens with one attached hydrogen (secondary N) is 1. The fourth-order valence-electron chi connectivity index (χ4n) is 1.97. The molecule has 2 rings (SSSR count). The maximum atomic E-state index is 11.5. The molecule has 1 aromatic carbocycles. The van der Waals surface area contributed by atoms with Gasteiger partial charge in [0.05, 0.1) is 27.4 Å². The zero-order valence-electron chi connectivity index (χ0n) is 11.3. The highest BCUT2D eigenvalue weighted by atomic mass is 35.5. The lowest BCUT2D eigenvalue weighted by Crippen LogP contribution is -2.18. The second-order valence-corrected chi connectivity index (χ2v) is 8.24. The van der Waals surface area contributed by atoms with E-state index in [0.717, 1.165) is 0 Å². The van der Waals surface area contributed by atoms with E-state index in [-0.39, 0.29) is 21.9 Å². The van der Waals surface area contributed by atoms with Crippen LogP contribution in [0.1, 0.15) is 23.1 Å². The van der Waals surface area contributed by atoms with Crippen LogP contribution in [0.5, 0.6) is 0 Å². The Balaban J connectivity index is 2.51. The highest BCUT2D eigenvalue weighted by molar-refractivity contribution is 7.86. The lowest BCUT2D eigenvalue weighted by molar-refractivity contribution is 0.459. The third-order valence-corrected chi connectivity index (χ3v) is 5.25.